The predicted molar refractivity (Wildman–Crippen MR) is 73.1 cm³/mol. The van der Waals surface area contributed by atoms with Crippen molar-refractivity contribution < 1.29 is 19.2 Å². The van der Waals surface area contributed by atoms with E-state index in [9.17, 15) is 14.9 Å². The zero-order valence-corrected chi connectivity index (χ0v) is 11.7. The summed E-state index contributed by atoms with van der Waals surface area (Å²) in [6.07, 6.45) is 0.604. The summed E-state index contributed by atoms with van der Waals surface area (Å²) in [5.41, 5.74) is 0.478. The molecule has 1 heterocycles. The summed E-state index contributed by atoms with van der Waals surface area (Å²) in [4.78, 5) is 21.6. The lowest BCUT2D eigenvalue weighted by Crippen LogP contribution is -2.00. The summed E-state index contributed by atoms with van der Waals surface area (Å²) in [6.45, 7) is 1.65. The van der Waals surface area contributed by atoms with E-state index in [1.54, 1.807) is 14.0 Å². The number of carbonyl (C=O) groups is 1. The first-order chi connectivity index (χ1) is 9.97. The number of carbonyl (C=O) groups excluding carboxylic acids is 1. The molecule has 0 saturated carbocycles. The van der Waals surface area contributed by atoms with Crippen molar-refractivity contribution in [2.24, 2.45) is 7.05 Å². The van der Waals surface area contributed by atoms with E-state index in [0.717, 1.165) is 0 Å². The van der Waals surface area contributed by atoms with Crippen molar-refractivity contribution >= 4 is 12.0 Å². The van der Waals surface area contributed by atoms with Crippen molar-refractivity contribution in [2.45, 2.75) is 6.92 Å². The number of nitro groups is 1. The number of ether oxygens (including phenoxy) is 2. The molecule has 110 valence electrons. The molecule has 8 nitrogen and oxygen atoms in total. The maximum absolute atomic E-state index is 11.1. The van der Waals surface area contributed by atoms with Crippen LogP contribution in [0.3, 0.4) is 0 Å². The van der Waals surface area contributed by atoms with Crippen molar-refractivity contribution in [3.8, 4) is 17.4 Å². The lowest BCUT2D eigenvalue weighted by molar-refractivity contribution is -0.385. The van der Waals surface area contributed by atoms with Gasteiger partial charge in [-0.3, -0.25) is 14.9 Å². The van der Waals surface area contributed by atoms with Gasteiger partial charge in [-0.2, -0.15) is 5.10 Å². The van der Waals surface area contributed by atoms with Crippen molar-refractivity contribution in [3.63, 3.8) is 0 Å². The van der Waals surface area contributed by atoms with Crippen LogP contribution < -0.4 is 9.47 Å². The summed E-state index contributed by atoms with van der Waals surface area (Å²) >= 11 is 0. The molecule has 0 unspecified atom stereocenters. The van der Waals surface area contributed by atoms with E-state index in [2.05, 4.69) is 5.10 Å². The molecule has 0 bridgehead atoms. The van der Waals surface area contributed by atoms with Crippen LogP contribution in [0.1, 0.15) is 16.1 Å². The first-order valence-electron chi connectivity index (χ1n) is 5.97. The number of aryl methyl sites for hydroxylation is 2. The molecule has 0 amide bonds. The van der Waals surface area contributed by atoms with Crippen LogP contribution in [-0.4, -0.2) is 28.1 Å². The monoisotopic (exact) mass is 291 g/mol. The fraction of sp³-hybridized carbons (Fsp3) is 0.231. The second kappa shape index (κ2) is 5.61. The van der Waals surface area contributed by atoms with Crippen molar-refractivity contribution in [1.29, 1.82) is 0 Å². The summed E-state index contributed by atoms with van der Waals surface area (Å²) in [5.74, 6) is 0.494. The highest BCUT2D eigenvalue weighted by Crippen LogP contribution is 2.35. The largest absolute Gasteiger partial charge is 0.496 e. The lowest BCUT2D eigenvalue weighted by atomic mass is 10.2. The van der Waals surface area contributed by atoms with E-state index < -0.39 is 4.92 Å². The van der Waals surface area contributed by atoms with Crippen molar-refractivity contribution in [3.05, 3.63) is 39.6 Å². The molecule has 0 atom stereocenters. The van der Waals surface area contributed by atoms with Gasteiger partial charge in [-0.15, -0.1) is 0 Å². The number of aromatic nitrogens is 2. The molecular weight excluding hydrogens is 278 g/mol. The van der Waals surface area contributed by atoms with Gasteiger partial charge in [0.2, 0.25) is 11.6 Å². The Balaban J connectivity index is 2.49. The fourth-order valence-electron chi connectivity index (χ4n) is 1.87. The lowest BCUT2D eigenvalue weighted by Gasteiger charge is -2.08. The van der Waals surface area contributed by atoms with Crippen molar-refractivity contribution in [2.75, 3.05) is 7.11 Å². The van der Waals surface area contributed by atoms with Gasteiger partial charge >= 0.3 is 5.69 Å². The van der Waals surface area contributed by atoms with E-state index in [1.807, 2.05) is 0 Å². The third kappa shape index (κ3) is 2.69. The van der Waals surface area contributed by atoms with Gasteiger partial charge in [0.15, 0.2) is 6.29 Å². The summed E-state index contributed by atoms with van der Waals surface area (Å²) in [5, 5.41) is 15.2. The van der Waals surface area contributed by atoms with Gasteiger partial charge < -0.3 is 9.47 Å². The molecular formula is C13H13N3O5. The van der Waals surface area contributed by atoms with Crippen LogP contribution in [0.25, 0.3) is 0 Å². The van der Waals surface area contributed by atoms with Gasteiger partial charge in [-0.1, -0.05) is 0 Å². The highest BCUT2D eigenvalue weighted by molar-refractivity contribution is 5.80. The number of benzene rings is 1. The minimum absolute atomic E-state index is 0.00639. The third-order valence-electron chi connectivity index (χ3n) is 2.90. The number of nitrogens with zero attached hydrogens (tertiary/aromatic N) is 3. The molecule has 21 heavy (non-hydrogen) atoms. The summed E-state index contributed by atoms with van der Waals surface area (Å²) < 4.78 is 11.8. The molecule has 0 aliphatic carbocycles. The van der Waals surface area contributed by atoms with Gasteiger partial charge in [-0.05, 0) is 19.1 Å². The van der Waals surface area contributed by atoms with Crippen LogP contribution in [-0.2, 0) is 7.05 Å². The van der Waals surface area contributed by atoms with Crippen LogP contribution in [0.15, 0.2) is 18.2 Å². The van der Waals surface area contributed by atoms with E-state index in [0.29, 0.717) is 17.7 Å². The van der Waals surface area contributed by atoms with Gasteiger partial charge in [0.05, 0.1) is 29.4 Å². The quantitative estimate of drug-likeness (QED) is 0.476. The molecule has 0 aliphatic heterocycles. The number of rotatable bonds is 5. The number of hydrogen-bond donors (Lipinski definition) is 0. The normalized spacial score (nSPS) is 10.2. The first-order valence-corrected chi connectivity index (χ1v) is 5.97. The Labute approximate surface area is 120 Å². The first kappa shape index (κ1) is 14.5. The Hall–Kier alpha value is -2.90. The molecule has 0 fully saturated rings. The molecule has 1 aromatic heterocycles. The van der Waals surface area contributed by atoms with E-state index in [-0.39, 0.29) is 22.9 Å². The zero-order valence-electron chi connectivity index (χ0n) is 11.7. The molecule has 0 N–H and O–H groups in total. The van der Waals surface area contributed by atoms with Gasteiger partial charge in [-0.25, -0.2) is 4.68 Å². The highest BCUT2D eigenvalue weighted by atomic mass is 16.6. The van der Waals surface area contributed by atoms with Crippen LogP contribution >= 0.6 is 0 Å². The molecule has 0 spiro atoms. The predicted octanol–water partition coefficient (Wildman–Crippen LogP) is 2.25. The minimum Gasteiger partial charge on any atom is -0.496 e. The molecule has 2 aromatic rings. The van der Waals surface area contributed by atoms with E-state index in [4.69, 9.17) is 9.47 Å². The number of nitro benzene ring substituents is 1. The third-order valence-corrected chi connectivity index (χ3v) is 2.90. The van der Waals surface area contributed by atoms with Crippen LogP contribution in [0.5, 0.6) is 17.4 Å². The standard InChI is InChI=1S/C13H13N3O5/c1-8-10(7-17)13(15(2)14-8)21-12-5-4-9(20-3)6-11(12)16(18)19/h4-7H,1-3H3. The minimum atomic E-state index is -0.582. The number of methoxy groups -OCH3 is 1. The topological polar surface area (TPSA) is 96.5 Å². The fourth-order valence-corrected chi connectivity index (χ4v) is 1.87. The number of aldehydes is 1. The van der Waals surface area contributed by atoms with Gasteiger partial charge in [0.25, 0.3) is 0 Å². The summed E-state index contributed by atoms with van der Waals surface area (Å²) in [7, 11) is 3.00. The second-order valence-electron chi connectivity index (χ2n) is 4.24. The van der Waals surface area contributed by atoms with Crippen LogP contribution in [0, 0.1) is 17.0 Å². The molecule has 0 saturated heterocycles. The Morgan fingerprint density at radius 3 is 2.71 bits per heavy atom. The maximum atomic E-state index is 11.1. The average molecular weight is 291 g/mol. The SMILES string of the molecule is COc1ccc(Oc2c(C=O)c(C)nn2C)c([N+](=O)[O-])c1. The van der Waals surface area contributed by atoms with Gasteiger partial charge in [0.1, 0.15) is 5.75 Å². The maximum Gasteiger partial charge on any atom is 0.315 e. The molecule has 0 radical (unpaired) electrons. The van der Waals surface area contributed by atoms with E-state index >= 15 is 0 Å². The Morgan fingerprint density at radius 1 is 1.43 bits per heavy atom. The van der Waals surface area contributed by atoms with E-state index in [1.165, 1.54) is 30.0 Å². The smallest absolute Gasteiger partial charge is 0.315 e. The Bertz CT molecular complexity index is 708. The highest BCUT2D eigenvalue weighted by Gasteiger charge is 2.21. The van der Waals surface area contributed by atoms with Gasteiger partial charge in [0, 0.05) is 7.05 Å². The average Bonchev–Trinajstić information content (AvgIpc) is 2.72. The molecule has 1 aromatic carbocycles. The number of hydrogen-bond acceptors (Lipinski definition) is 6. The molecule has 0 aliphatic rings. The summed E-state index contributed by atoms with van der Waals surface area (Å²) in [6, 6.07) is 4.19. The van der Waals surface area contributed by atoms with Crippen LogP contribution in [0.4, 0.5) is 5.69 Å². The zero-order chi connectivity index (χ0) is 15.6. The van der Waals surface area contributed by atoms with Crippen LogP contribution in [0.2, 0.25) is 0 Å². The van der Waals surface area contributed by atoms with Crippen molar-refractivity contribution in [1.82, 2.24) is 9.78 Å². The molecule has 2 rings (SSSR count). The second-order valence-corrected chi connectivity index (χ2v) is 4.24. The Kier molecular flexibility index (Phi) is 3.88. The Morgan fingerprint density at radius 2 is 2.14 bits per heavy atom. The molecule has 8 heteroatoms.